The zero-order valence-corrected chi connectivity index (χ0v) is 12.4. The normalized spacial score (nSPS) is 14.6. The highest BCUT2D eigenvalue weighted by molar-refractivity contribution is 5.96. The lowest BCUT2D eigenvalue weighted by atomic mass is 9.94. The number of carbonyl (C=O) groups is 1. The summed E-state index contributed by atoms with van der Waals surface area (Å²) in [6, 6.07) is 8.08. The number of aromatic amines is 1. The van der Waals surface area contributed by atoms with E-state index in [1.54, 1.807) is 0 Å². The molecule has 1 aliphatic rings. The van der Waals surface area contributed by atoms with E-state index in [2.05, 4.69) is 21.6 Å². The van der Waals surface area contributed by atoms with Gasteiger partial charge in [0.1, 0.15) is 0 Å². The number of H-pyrrole nitrogens is 1. The number of aromatic nitrogens is 2. The van der Waals surface area contributed by atoms with Gasteiger partial charge in [0.2, 0.25) is 5.91 Å². The molecule has 0 radical (unpaired) electrons. The highest BCUT2D eigenvalue weighted by atomic mass is 16.1. The quantitative estimate of drug-likeness (QED) is 0.739. The fourth-order valence-corrected chi connectivity index (χ4v) is 2.65. The van der Waals surface area contributed by atoms with Gasteiger partial charge in [-0.1, -0.05) is 30.4 Å². The first-order valence-corrected chi connectivity index (χ1v) is 7.61. The Bertz CT molecular complexity index is 742. The minimum absolute atomic E-state index is 0.00985. The molecule has 0 unspecified atom stereocenters. The van der Waals surface area contributed by atoms with Crippen LogP contribution in [-0.2, 0) is 4.79 Å². The molecule has 0 atom stereocenters. The highest BCUT2D eigenvalue weighted by Crippen LogP contribution is 2.30. The van der Waals surface area contributed by atoms with Gasteiger partial charge in [-0.25, -0.2) is 0 Å². The van der Waals surface area contributed by atoms with Crippen molar-refractivity contribution in [2.45, 2.75) is 19.3 Å². The molecule has 5 nitrogen and oxygen atoms in total. The van der Waals surface area contributed by atoms with Crippen molar-refractivity contribution in [3.05, 3.63) is 47.7 Å². The molecule has 1 aromatic heterocycles. The van der Waals surface area contributed by atoms with Gasteiger partial charge in [0.15, 0.2) is 0 Å². The minimum atomic E-state index is 0.00985. The van der Waals surface area contributed by atoms with Gasteiger partial charge < -0.3 is 11.1 Å². The average molecular weight is 296 g/mol. The largest absolute Gasteiger partial charge is 0.352 e. The maximum Gasteiger partial charge on any atom is 0.247 e. The molecule has 3 rings (SSSR count). The number of benzene rings is 1. The molecule has 0 saturated heterocycles. The number of hydrogen-bond donors (Lipinski definition) is 3. The molecule has 114 valence electrons. The predicted molar refractivity (Wildman–Crippen MR) is 88.1 cm³/mol. The Morgan fingerprint density at radius 3 is 2.91 bits per heavy atom. The third kappa shape index (κ3) is 2.94. The van der Waals surface area contributed by atoms with E-state index in [-0.39, 0.29) is 5.91 Å². The average Bonchev–Trinajstić information content (AvgIpc) is 2.99. The lowest BCUT2D eigenvalue weighted by Gasteiger charge is -2.13. The number of nitrogens with two attached hydrogens (primary N) is 1. The predicted octanol–water partition coefficient (Wildman–Crippen LogP) is 2.13. The molecule has 0 spiro atoms. The van der Waals surface area contributed by atoms with Crippen LogP contribution in [-0.4, -0.2) is 29.2 Å². The Kier molecular flexibility index (Phi) is 4.34. The van der Waals surface area contributed by atoms with Crippen molar-refractivity contribution in [3.8, 4) is 0 Å². The van der Waals surface area contributed by atoms with E-state index in [0.29, 0.717) is 13.1 Å². The number of rotatable bonds is 5. The van der Waals surface area contributed by atoms with Gasteiger partial charge >= 0.3 is 0 Å². The van der Waals surface area contributed by atoms with Crippen LogP contribution in [0.1, 0.15) is 25.0 Å². The molecular formula is C17H20N4O. The first kappa shape index (κ1) is 14.5. The summed E-state index contributed by atoms with van der Waals surface area (Å²) in [7, 11) is 0. The Hall–Kier alpha value is -2.40. The Morgan fingerprint density at radius 2 is 2.14 bits per heavy atom. The molecule has 2 aromatic rings. The summed E-state index contributed by atoms with van der Waals surface area (Å²) in [6.07, 6.45) is 6.27. The van der Waals surface area contributed by atoms with Gasteiger partial charge in [-0.05, 0) is 37.4 Å². The molecule has 1 aliphatic carbocycles. The molecule has 1 aromatic carbocycles. The van der Waals surface area contributed by atoms with Crippen molar-refractivity contribution in [1.82, 2.24) is 15.5 Å². The molecule has 1 heterocycles. The van der Waals surface area contributed by atoms with Gasteiger partial charge in [-0.15, -0.1) is 0 Å². The number of hydrogen-bond acceptors (Lipinski definition) is 3. The van der Waals surface area contributed by atoms with Crippen molar-refractivity contribution >= 4 is 22.4 Å². The Morgan fingerprint density at radius 1 is 1.27 bits per heavy atom. The molecule has 5 heteroatoms. The second kappa shape index (κ2) is 6.58. The fourth-order valence-electron chi connectivity index (χ4n) is 2.65. The Balaban J connectivity index is 1.76. The maximum absolute atomic E-state index is 12.0. The third-order valence-electron chi connectivity index (χ3n) is 3.88. The fraction of sp³-hybridized carbons (Fsp3) is 0.294. The summed E-state index contributed by atoms with van der Waals surface area (Å²) in [5, 5.41) is 11.5. The van der Waals surface area contributed by atoms with E-state index in [1.807, 2.05) is 30.4 Å². The molecule has 0 saturated carbocycles. The summed E-state index contributed by atoms with van der Waals surface area (Å²) in [5.74, 6) is 0.00985. The number of amides is 1. The number of para-hydroxylation sites is 1. The summed E-state index contributed by atoms with van der Waals surface area (Å²) in [6.45, 7) is 1.23. The zero-order chi connectivity index (χ0) is 15.4. The van der Waals surface area contributed by atoms with Gasteiger partial charge in [-0.2, -0.15) is 5.10 Å². The van der Waals surface area contributed by atoms with Crippen LogP contribution in [0.3, 0.4) is 0 Å². The second-order valence-corrected chi connectivity index (χ2v) is 5.40. The maximum atomic E-state index is 12.0. The van der Waals surface area contributed by atoms with Crippen molar-refractivity contribution in [2.75, 3.05) is 13.1 Å². The summed E-state index contributed by atoms with van der Waals surface area (Å²) < 4.78 is 0. The minimum Gasteiger partial charge on any atom is -0.352 e. The molecular weight excluding hydrogens is 276 g/mol. The third-order valence-corrected chi connectivity index (χ3v) is 3.88. The van der Waals surface area contributed by atoms with Gasteiger partial charge in [0.05, 0.1) is 11.2 Å². The molecule has 0 fully saturated rings. The highest BCUT2D eigenvalue weighted by Gasteiger charge is 2.16. The van der Waals surface area contributed by atoms with Crippen LogP contribution in [0.2, 0.25) is 0 Å². The molecule has 1 amide bonds. The first-order chi connectivity index (χ1) is 10.8. The second-order valence-electron chi connectivity index (χ2n) is 5.40. The van der Waals surface area contributed by atoms with Crippen molar-refractivity contribution < 1.29 is 4.79 Å². The molecule has 4 N–H and O–H groups in total. The lowest BCUT2D eigenvalue weighted by Crippen LogP contribution is -2.27. The van der Waals surface area contributed by atoms with E-state index in [9.17, 15) is 4.79 Å². The van der Waals surface area contributed by atoms with E-state index < -0.39 is 0 Å². The van der Waals surface area contributed by atoms with Crippen LogP contribution in [0, 0.1) is 0 Å². The molecule has 22 heavy (non-hydrogen) atoms. The van der Waals surface area contributed by atoms with Crippen molar-refractivity contribution in [1.29, 1.82) is 0 Å². The van der Waals surface area contributed by atoms with E-state index >= 15 is 0 Å². The van der Waals surface area contributed by atoms with Crippen LogP contribution in [0.4, 0.5) is 0 Å². The number of allylic oxidation sites excluding steroid dienone is 3. The van der Waals surface area contributed by atoms with Crippen molar-refractivity contribution in [2.24, 2.45) is 5.73 Å². The summed E-state index contributed by atoms with van der Waals surface area (Å²) in [5.41, 5.74) is 9.42. The molecule has 0 aliphatic heterocycles. The topological polar surface area (TPSA) is 83.8 Å². The van der Waals surface area contributed by atoms with Crippen LogP contribution in [0.5, 0.6) is 0 Å². The van der Waals surface area contributed by atoms with Crippen LogP contribution in [0.25, 0.3) is 16.5 Å². The van der Waals surface area contributed by atoms with Gasteiger partial charge in [0, 0.05) is 17.5 Å². The van der Waals surface area contributed by atoms with Gasteiger partial charge in [0.25, 0.3) is 0 Å². The van der Waals surface area contributed by atoms with Crippen LogP contribution < -0.4 is 11.1 Å². The number of carbonyl (C=O) groups excluding carboxylic acids is 1. The first-order valence-electron chi connectivity index (χ1n) is 7.61. The number of nitrogens with zero attached hydrogens (tertiary/aromatic N) is 1. The summed E-state index contributed by atoms with van der Waals surface area (Å²) in [4.78, 5) is 12.0. The van der Waals surface area contributed by atoms with Gasteiger partial charge in [-0.3, -0.25) is 9.89 Å². The van der Waals surface area contributed by atoms with E-state index in [1.165, 1.54) is 0 Å². The zero-order valence-electron chi connectivity index (χ0n) is 12.4. The smallest absolute Gasteiger partial charge is 0.247 e. The number of nitrogens with one attached hydrogen (secondary N) is 2. The van der Waals surface area contributed by atoms with E-state index in [4.69, 9.17) is 5.73 Å². The molecule has 0 bridgehead atoms. The van der Waals surface area contributed by atoms with E-state index in [0.717, 1.165) is 47.0 Å². The standard InChI is InChI=1S/C17H20N4O/c18-10-3-11-19-17(22)13-8-6-12(7-9-13)16-14-4-1-2-5-15(14)20-21-16/h1-2,4-6,8H,3,7,9-11,18H2,(H,19,22)(H,20,21). The van der Waals surface area contributed by atoms with Crippen molar-refractivity contribution in [3.63, 3.8) is 0 Å². The number of fused-ring (bicyclic) bond motifs is 1. The van der Waals surface area contributed by atoms with Crippen LogP contribution in [0.15, 0.2) is 42.0 Å². The van der Waals surface area contributed by atoms with Crippen LogP contribution >= 0.6 is 0 Å². The Labute approximate surface area is 129 Å². The lowest BCUT2D eigenvalue weighted by molar-refractivity contribution is -0.117. The SMILES string of the molecule is NCCCNC(=O)C1=CC=C(c2n[nH]c3ccccc23)CC1. The summed E-state index contributed by atoms with van der Waals surface area (Å²) >= 11 is 0. The monoisotopic (exact) mass is 296 g/mol.